The van der Waals surface area contributed by atoms with Gasteiger partial charge >= 0.3 is 0 Å². The van der Waals surface area contributed by atoms with Crippen LogP contribution < -0.4 is 0 Å². The van der Waals surface area contributed by atoms with Crippen molar-refractivity contribution in [2.75, 3.05) is 0 Å². The summed E-state index contributed by atoms with van der Waals surface area (Å²) in [4.78, 5) is 9.83. The third-order valence-electron chi connectivity index (χ3n) is 1.34. The Bertz CT molecular complexity index is 290. The number of nitro groups is 1. The molecule has 0 spiro atoms. The molecule has 4 nitrogen and oxygen atoms in total. The normalized spacial score (nSPS) is 9.75. The van der Waals surface area contributed by atoms with E-state index in [-0.39, 0.29) is 12.3 Å². The molecule has 0 amide bonds. The molecule has 5 heteroatoms. The van der Waals surface area contributed by atoms with Gasteiger partial charge < -0.3 is 0 Å². The minimum Gasteiger partial charge on any atom is -0.274 e. The van der Waals surface area contributed by atoms with Crippen LogP contribution in [0.4, 0.5) is 5.69 Å². The molecular weight excluding hydrogens is 182 g/mol. The van der Waals surface area contributed by atoms with Gasteiger partial charge in [0.1, 0.15) is 0 Å². The fourth-order valence-electron chi connectivity index (χ4n) is 0.823. The van der Waals surface area contributed by atoms with Crippen molar-refractivity contribution >= 4 is 17.6 Å². The summed E-state index contributed by atoms with van der Waals surface area (Å²) in [6.45, 7) is 0.170. The number of hydrogen-bond acceptors (Lipinski definition) is 3. The van der Waals surface area contributed by atoms with Gasteiger partial charge in [-0.3, -0.25) is 14.4 Å². The van der Waals surface area contributed by atoms with E-state index in [2.05, 4.69) is 4.29 Å². The van der Waals surface area contributed by atoms with Gasteiger partial charge in [-0.1, -0.05) is 12.1 Å². The van der Waals surface area contributed by atoms with E-state index in [9.17, 15) is 10.1 Å². The molecule has 12 heavy (non-hydrogen) atoms. The first kappa shape index (κ1) is 8.96. The smallest absolute Gasteiger partial charge is 0.269 e. The lowest BCUT2D eigenvalue weighted by Crippen LogP contribution is -1.90. The van der Waals surface area contributed by atoms with Crippen molar-refractivity contribution in [3.05, 3.63) is 39.9 Å². The van der Waals surface area contributed by atoms with Gasteiger partial charge in [-0.2, -0.15) is 0 Å². The van der Waals surface area contributed by atoms with Crippen LogP contribution in [-0.4, -0.2) is 4.92 Å². The number of benzene rings is 1. The Hall–Kier alpha value is -1.13. The minimum atomic E-state index is -0.461. The number of nitro benzene ring substituents is 1. The first-order valence-corrected chi connectivity index (χ1v) is 3.52. The van der Waals surface area contributed by atoms with E-state index in [4.69, 9.17) is 11.9 Å². The molecule has 0 fully saturated rings. The molecule has 0 aliphatic heterocycles. The maximum Gasteiger partial charge on any atom is 0.269 e. The molecule has 0 aromatic heterocycles. The molecule has 1 aromatic rings. The summed E-state index contributed by atoms with van der Waals surface area (Å²) in [5.74, 6) is 0. The molecule has 64 valence electrons. The number of non-ortho nitro benzene ring substituents is 1. The number of nitrogens with zero attached hydrogens (tertiary/aromatic N) is 1. The van der Waals surface area contributed by atoms with E-state index < -0.39 is 4.92 Å². The Morgan fingerprint density at radius 1 is 1.58 bits per heavy atom. The van der Waals surface area contributed by atoms with Crippen LogP contribution in [0.25, 0.3) is 0 Å². The van der Waals surface area contributed by atoms with Crippen LogP contribution in [0.5, 0.6) is 0 Å². The lowest BCUT2D eigenvalue weighted by Gasteiger charge is -1.96. The van der Waals surface area contributed by atoms with Gasteiger partial charge in [0.25, 0.3) is 5.69 Å². The quantitative estimate of drug-likeness (QED) is 0.539. The Morgan fingerprint density at radius 2 is 2.33 bits per heavy atom. The highest BCUT2D eigenvalue weighted by Gasteiger charge is 2.04. The maximum atomic E-state index is 10.3. The molecule has 0 aliphatic rings. The molecule has 0 atom stereocenters. The Labute approximate surface area is 74.0 Å². The summed E-state index contributed by atoms with van der Waals surface area (Å²) >= 11 is 5.00. The minimum absolute atomic E-state index is 0.0428. The summed E-state index contributed by atoms with van der Waals surface area (Å²) in [6.07, 6.45) is 0. The van der Waals surface area contributed by atoms with E-state index in [1.807, 2.05) is 0 Å². The van der Waals surface area contributed by atoms with Crippen LogP contribution in [0.15, 0.2) is 24.3 Å². The van der Waals surface area contributed by atoms with Crippen molar-refractivity contribution in [3.8, 4) is 0 Å². The lowest BCUT2D eigenvalue weighted by molar-refractivity contribution is -0.384. The van der Waals surface area contributed by atoms with Crippen LogP contribution in [0, 0.1) is 10.1 Å². The second-order valence-corrected chi connectivity index (χ2v) is 2.40. The van der Waals surface area contributed by atoms with Crippen molar-refractivity contribution in [1.29, 1.82) is 0 Å². The molecule has 0 radical (unpaired) electrons. The summed E-state index contributed by atoms with van der Waals surface area (Å²) in [6, 6.07) is 6.12. The zero-order valence-corrected chi connectivity index (χ0v) is 6.82. The Kier molecular flexibility index (Phi) is 3.01. The molecule has 0 saturated carbocycles. The average molecular weight is 188 g/mol. The van der Waals surface area contributed by atoms with E-state index >= 15 is 0 Å². The van der Waals surface area contributed by atoms with Crippen molar-refractivity contribution in [3.63, 3.8) is 0 Å². The zero-order chi connectivity index (χ0) is 8.97. The van der Waals surface area contributed by atoms with Crippen molar-refractivity contribution in [1.82, 2.24) is 0 Å². The SMILES string of the molecule is O=[N+]([O-])c1cccc(COCl)c1. The van der Waals surface area contributed by atoms with Crippen molar-refractivity contribution < 1.29 is 9.21 Å². The second kappa shape index (κ2) is 4.04. The van der Waals surface area contributed by atoms with Crippen LogP contribution in [0.2, 0.25) is 0 Å². The summed E-state index contributed by atoms with van der Waals surface area (Å²) in [7, 11) is 0. The fourth-order valence-corrected chi connectivity index (χ4v) is 0.949. The monoisotopic (exact) mass is 187 g/mol. The topological polar surface area (TPSA) is 52.4 Å². The Balaban J connectivity index is 2.88. The van der Waals surface area contributed by atoms with E-state index in [1.54, 1.807) is 12.1 Å². The molecule has 0 saturated heterocycles. The molecule has 0 heterocycles. The number of halogens is 1. The van der Waals surface area contributed by atoms with Gasteiger partial charge in [-0.25, -0.2) is 0 Å². The van der Waals surface area contributed by atoms with Crippen molar-refractivity contribution in [2.45, 2.75) is 6.61 Å². The van der Waals surface area contributed by atoms with E-state index in [0.29, 0.717) is 5.56 Å². The van der Waals surface area contributed by atoms with Gasteiger partial charge in [0, 0.05) is 12.1 Å². The average Bonchev–Trinajstić information content (AvgIpc) is 2.05. The first-order chi connectivity index (χ1) is 5.74. The number of hydrogen-bond donors (Lipinski definition) is 0. The van der Waals surface area contributed by atoms with Gasteiger partial charge in [-0.15, -0.1) is 0 Å². The van der Waals surface area contributed by atoms with Crippen LogP contribution in [0.1, 0.15) is 5.56 Å². The summed E-state index contributed by atoms with van der Waals surface area (Å²) in [5.41, 5.74) is 0.723. The van der Waals surface area contributed by atoms with Crippen molar-refractivity contribution in [2.24, 2.45) is 0 Å². The third kappa shape index (κ3) is 2.18. The molecule has 1 rings (SSSR count). The van der Waals surface area contributed by atoms with Gasteiger partial charge in [0.15, 0.2) is 0 Å². The van der Waals surface area contributed by atoms with Crippen LogP contribution >= 0.6 is 11.9 Å². The van der Waals surface area contributed by atoms with E-state index in [0.717, 1.165) is 0 Å². The van der Waals surface area contributed by atoms with E-state index in [1.165, 1.54) is 12.1 Å². The second-order valence-electron chi connectivity index (χ2n) is 2.18. The zero-order valence-electron chi connectivity index (χ0n) is 6.07. The fraction of sp³-hybridized carbons (Fsp3) is 0.143. The van der Waals surface area contributed by atoms with Gasteiger partial charge in [-0.05, 0) is 5.56 Å². The van der Waals surface area contributed by atoms with Crippen LogP contribution in [0.3, 0.4) is 0 Å². The lowest BCUT2D eigenvalue weighted by atomic mass is 10.2. The highest BCUT2D eigenvalue weighted by Crippen LogP contribution is 2.13. The molecule has 0 aliphatic carbocycles. The summed E-state index contributed by atoms with van der Waals surface area (Å²) in [5, 5.41) is 10.3. The standard InChI is InChI=1S/C7H6ClNO3/c8-12-5-6-2-1-3-7(4-6)9(10)11/h1-4H,5H2. The highest BCUT2D eigenvalue weighted by molar-refractivity contribution is 6.07. The molecule has 1 aromatic carbocycles. The Morgan fingerprint density at radius 3 is 2.92 bits per heavy atom. The molecule has 0 N–H and O–H groups in total. The first-order valence-electron chi connectivity index (χ1n) is 3.21. The molecule has 0 unspecified atom stereocenters. The predicted molar refractivity (Wildman–Crippen MR) is 43.7 cm³/mol. The number of rotatable bonds is 3. The molecule has 0 bridgehead atoms. The predicted octanol–water partition coefficient (Wildman–Crippen LogP) is 2.27. The highest BCUT2D eigenvalue weighted by atomic mass is 35.5. The van der Waals surface area contributed by atoms with Crippen LogP contribution in [-0.2, 0) is 10.9 Å². The summed E-state index contributed by atoms with van der Waals surface area (Å²) < 4.78 is 4.31. The maximum absolute atomic E-state index is 10.3. The largest absolute Gasteiger partial charge is 0.274 e. The third-order valence-corrected chi connectivity index (χ3v) is 1.45. The van der Waals surface area contributed by atoms with Gasteiger partial charge in [0.05, 0.1) is 23.4 Å². The van der Waals surface area contributed by atoms with Gasteiger partial charge in [0.2, 0.25) is 0 Å². The molecular formula is C7H6ClNO3.